The summed E-state index contributed by atoms with van der Waals surface area (Å²) in [6.07, 6.45) is 4.07. The number of esters is 1. The first-order valence-corrected chi connectivity index (χ1v) is 6.35. The number of hydrogen-bond acceptors (Lipinski definition) is 4. The van der Waals surface area contributed by atoms with Crippen LogP contribution < -0.4 is 5.73 Å². The summed E-state index contributed by atoms with van der Waals surface area (Å²) in [6.45, 7) is 2.75. The molecule has 0 bridgehead atoms. The van der Waals surface area contributed by atoms with E-state index in [4.69, 9.17) is 10.5 Å². The van der Waals surface area contributed by atoms with E-state index in [0.29, 0.717) is 19.6 Å². The van der Waals surface area contributed by atoms with Gasteiger partial charge in [-0.15, -0.1) is 0 Å². The van der Waals surface area contributed by atoms with Crippen LogP contribution in [0.25, 0.3) is 0 Å². The van der Waals surface area contributed by atoms with E-state index in [1.807, 2.05) is 0 Å². The van der Waals surface area contributed by atoms with Crippen LogP contribution in [0.1, 0.15) is 39.0 Å². The van der Waals surface area contributed by atoms with Crippen LogP contribution in [-0.4, -0.2) is 41.5 Å². The fourth-order valence-electron chi connectivity index (χ4n) is 2.29. The van der Waals surface area contributed by atoms with E-state index < -0.39 is 11.6 Å². The second-order valence-corrected chi connectivity index (χ2v) is 4.92. The fourth-order valence-corrected chi connectivity index (χ4v) is 2.29. The van der Waals surface area contributed by atoms with E-state index in [1.54, 1.807) is 11.8 Å². The van der Waals surface area contributed by atoms with E-state index in [-0.39, 0.29) is 11.9 Å². The maximum Gasteiger partial charge on any atom is 0.328 e. The van der Waals surface area contributed by atoms with E-state index in [9.17, 15) is 9.59 Å². The van der Waals surface area contributed by atoms with Gasteiger partial charge in [0.15, 0.2) is 0 Å². The Bertz CT molecular complexity index is 326. The summed E-state index contributed by atoms with van der Waals surface area (Å²) in [5.41, 5.74) is 5.22. The molecule has 2 rings (SSSR count). The average molecular weight is 240 g/mol. The molecule has 0 aromatic rings. The first-order valence-electron chi connectivity index (χ1n) is 6.35. The van der Waals surface area contributed by atoms with Crippen molar-refractivity contribution in [3.8, 4) is 0 Å². The lowest BCUT2D eigenvalue weighted by Crippen LogP contribution is -2.55. The Morgan fingerprint density at radius 3 is 2.71 bits per heavy atom. The predicted octanol–water partition coefficient (Wildman–Crippen LogP) is 0.422. The van der Waals surface area contributed by atoms with Crippen molar-refractivity contribution in [1.29, 1.82) is 0 Å². The highest BCUT2D eigenvalue weighted by atomic mass is 16.5. The first-order chi connectivity index (χ1) is 8.08. The van der Waals surface area contributed by atoms with Crippen LogP contribution in [0, 0.1) is 0 Å². The van der Waals surface area contributed by atoms with Crippen LogP contribution in [0.4, 0.5) is 0 Å². The topological polar surface area (TPSA) is 72.6 Å². The van der Waals surface area contributed by atoms with Crippen molar-refractivity contribution in [2.24, 2.45) is 5.73 Å². The third kappa shape index (κ3) is 2.44. The first kappa shape index (κ1) is 12.4. The van der Waals surface area contributed by atoms with Crippen LogP contribution in [0.15, 0.2) is 0 Å². The maximum absolute atomic E-state index is 12.2. The summed E-state index contributed by atoms with van der Waals surface area (Å²) >= 11 is 0. The van der Waals surface area contributed by atoms with Gasteiger partial charge in [0.25, 0.3) is 0 Å². The highest BCUT2D eigenvalue weighted by Crippen LogP contribution is 2.36. The van der Waals surface area contributed by atoms with Gasteiger partial charge in [-0.3, -0.25) is 4.79 Å². The van der Waals surface area contributed by atoms with Gasteiger partial charge in [-0.1, -0.05) is 0 Å². The van der Waals surface area contributed by atoms with Crippen LogP contribution in [0.2, 0.25) is 0 Å². The zero-order valence-corrected chi connectivity index (χ0v) is 10.3. The molecule has 0 spiro atoms. The summed E-state index contributed by atoms with van der Waals surface area (Å²) in [7, 11) is 0. The summed E-state index contributed by atoms with van der Waals surface area (Å²) in [6, 6.07) is -0.419. The number of amides is 1. The Morgan fingerprint density at radius 1 is 1.41 bits per heavy atom. The number of rotatable bonds is 3. The Hall–Kier alpha value is -1.10. The van der Waals surface area contributed by atoms with Crippen molar-refractivity contribution in [2.75, 3.05) is 13.2 Å². The molecule has 5 heteroatoms. The molecule has 2 N–H and O–H groups in total. The molecule has 1 heterocycles. The molecule has 17 heavy (non-hydrogen) atoms. The minimum absolute atomic E-state index is 0.0738. The summed E-state index contributed by atoms with van der Waals surface area (Å²) < 4.78 is 5.02. The van der Waals surface area contributed by atoms with E-state index in [1.165, 1.54) is 0 Å². The van der Waals surface area contributed by atoms with E-state index >= 15 is 0 Å². The number of nitrogens with two attached hydrogens (primary N) is 1. The lowest BCUT2D eigenvalue weighted by atomic mass is 10.0. The summed E-state index contributed by atoms with van der Waals surface area (Å²) in [5.74, 6) is -0.361. The van der Waals surface area contributed by atoms with Gasteiger partial charge < -0.3 is 15.4 Å². The molecule has 1 atom stereocenters. The van der Waals surface area contributed by atoms with Crippen molar-refractivity contribution in [1.82, 2.24) is 4.90 Å². The molecular formula is C12H20N2O3. The molecule has 1 amide bonds. The Balaban J connectivity index is 2.06. The Morgan fingerprint density at radius 2 is 2.12 bits per heavy atom. The van der Waals surface area contributed by atoms with Crippen LogP contribution in [-0.2, 0) is 14.3 Å². The molecule has 1 saturated carbocycles. The van der Waals surface area contributed by atoms with Gasteiger partial charge in [0.1, 0.15) is 6.04 Å². The maximum atomic E-state index is 12.2. The van der Waals surface area contributed by atoms with Gasteiger partial charge in [-0.25, -0.2) is 4.79 Å². The number of hydrogen-bond donors (Lipinski definition) is 1. The monoisotopic (exact) mass is 240 g/mol. The number of piperidine rings is 1. The SMILES string of the molecule is CCOC(=O)C1CCCCN1C(=O)C1(N)CC1. The molecular weight excluding hydrogens is 220 g/mol. The lowest BCUT2D eigenvalue weighted by molar-refractivity contribution is -0.157. The second-order valence-electron chi connectivity index (χ2n) is 4.92. The highest BCUT2D eigenvalue weighted by Gasteiger charge is 2.50. The van der Waals surface area contributed by atoms with Gasteiger partial charge in [0.05, 0.1) is 12.1 Å². The van der Waals surface area contributed by atoms with Crippen molar-refractivity contribution in [3.63, 3.8) is 0 Å². The molecule has 96 valence electrons. The Kier molecular flexibility index (Phi) is 3.38. The normalized spacial score (nSPS) is 26.5. The van der Waals surface area contributed by atoms with Crippen LogP contribution in [0.3, 0.4) is 0 Å². The third-order valence-electron chi connectivity index (χ3n) is 3.54. The molecule has 1 aliphatic heterocycles. The number of carbonyl (C=O) groups excluding carboxylic acids is 2. The second kappa shape index (κ2) is 4.64. The van der Waals surface area contributed by atoms with Gasteiger partial charge in [0.2, 0.25) is 5.91 Å². The molecule has 0 aromatic carbocycles. The lowest BCUT2D eigenvalue weighted by Gasteiger charge is -2.35. The van der Waals surface area contributed by atoms with E-state index in [2.05, 4.69) is 0 Å². The third-order valence-corrected chi connectivity index (χ3v) is 3.54. The van der Waals surface area contributed by atoms with Gasteiger partial charge >= 0.3 is 5.97 Å². The average Bonchev–Trinajstić information content (AvgIpc) is 3.08. The van der Waals surface area contributed by atoms with Crippen molar-refractivity contribution < 1.29 is 14.3 Å². The minimum atomic E-state index is -0.692. The standard InChI is InChI=1S/C12H20N2O3/c1-2-17-10(15)9-5-3-4-8-14(9)11(16)12(13)6-7-12/h9H,2-8,13H2,1H3. The molecule has 1 saturated heterocycles. The van der Waals surface area contributed by atoms with Crippen LogP contribution >= 0.6 is 0 Å². The number of nitrogens with zero attached hydrogens (tertiary/aromatic N) is 1. The molecule has 5 nitrogen and oxygen atoms in total. The predicted molar refractivity (Wildman–Crippen MR) is 62.1 cm³/mol. The molecule has 0 aromatic heterocycles. The zero-order valence-electron chi connectivity index (χ0n) is 10.3. The fraction of sp³-hybridized carbons (Fsp3) is 0.833. The van der Waals surface area contributed by atoms with Crippen LogP contribution in [0.5, 0.6) is 0 Å². The number of likely N-dealkylation sites (tertiary alicyclic amines) is 1. The molecule has 1 aliphatic carbocycles. The summed E-state index contributed by atoms with van der Waals surface area (Å²) in [5, 5.41) is 0. The van der Waals surface area contributed by atoms with Crippen molar-refractivity contribution in [3.05, 3.63) is 0 Å². The van der Waals surface area contributed by atoms with Gasteiger partial charge in [-0.05, 0) is 39.0 Å². The number of ether oxygens (including phenoxy) is 1. The molecule has 2 fully saturated rings. The largest absolute Gasteiger partial charge is 0.464 e. The molecule has 0 radical (unpaired) electrons. The zero-order chi connectivity index (χ0) is 12.5. The van der Waals surface area contributed by atoms with Crippen molar-refractivity contribution >= 4 is 11.9 Å². The Labute approximate surface area is 101 Å². The van der Waals surface area contributed by atoms with Gasteiger partial charge in [-0.2, -0.15) is 0 Å². The number of carbonyl (C=O) groups is 2. The van der Waals surface area contributed by atoms with Crippen molar-refractivity contribution in [2.45, 2.75) is 50.6 Å². The smallest absolute Gasteiger partial charge is 0.328 e. The van der Waals surface area contributed by atoms with E-state index in [0.717, 1.165) is 25.7 Å². The van der Waals surface area contributed by atoms with Gasteiger partial charge in [0, 0.05) is 6.54 Å². The molecule has 1 unspecified atom stereocenters. The summed E-state index contributed by atoms with van der Waals surface area (Å²) in [4.78, 5) is 25.6. The minimum Gasteiger partial charge on any atom is -0.464 e. The molecule has 2 aliphatic rings. The quantitative estimate of drug-likeness (QED) is 0.726. The highest BCUT2D eigenvalue weighted by molar-refractivity contribution is 5.92.